The van der Waals surface area contributed by atoms with Gasteiger partial charge in [0.2, 0.25) is 0 Å². The summed E-state index contributed by atoms with van der Waals surface area (Å²) >= 11 is 1.75. The molecule has 0 aromatic carbocycles. The van der Waals surface area contributed by atoms with Gasteiger partial charge in [0, 0.05) is 17.5 Å². The maximum Gasteiger partial charge on any atom is 0.0931 e. The van der Waals surface area contributed by atoms with Crippen molar-refractivity contribution in [3.05, 3.63) is 22.4 Å². The lowest BCUT2D eigenvalue weighted by molar-refractivity contribution is 0.00886. The van der Waals surface area contributed by atoms with Gasteiger partial charge in [-0.25, -0.2) is 0 Å². The smallest absolute Gasteiger partial charge is 0.0931 e. The third kappa shape index (κ3) is 1.68. The van der Waals surface area contributed by atoms with Crippen LogP contribution in [0.25, 0.3) is 0 Å². The van der Waals surface area contributed by atoms with Crippen LogP contribution in [0.3, 0.4) is 0 Å². The van der Waals surface area contributed by atoms with Gasteiger partial charge in [-0.2, -0.15) is 0 Å². The standard InChI is InChI=1S/C9H13NOS/c10-7-3-4-11-8(6-7)9-2-1-5-12-9/h1-2,5,7-8H,3-4,6,10H2. The summed E-state index contributed by atoms with van der Waals surface area (Å²) in [4.78, 5) is 1.31. The van der Waals surface area contributed by atoms with E-state index in [1.807, 2.05) is 0 Å². The van der Waals surface area contributed by atoms with E-state index in [2.05, 4.69) is 17.5 Å². The summed E-state index contributed by atoms with van der Waals surface area (Å²) in [6.45, 7) is 0.809. The van der Waals surface area contributed by atoms with E-state index >= 15 is 0 Å². The molecule has 0 radical (unpaired) electrons. The minimum Gasteiger partial charge on any atom is -0.373 e. The zero-order valence-electron chi connectivity index (χ0n) is 6.90. The number of ether oxygens (including phenoxy) is 1. The van der Waals surface area contributed by atoms with Crippen LogP contribution in [0.1, 0.15) is 23.8 Å². The Labute approximate surface area is 76.3 Å². The Morgan fingerprint density at radius 3 is 3.17 bits per heavy atom. The van der Waals surface area contributed by atoms with Crippen molar-refractivity contribution < 1.29 is 4.74 Å². The molecule has 2 atom stereocenters. The van der Waals surface area contributed by atoms with Crippen molar-refractivity contribution in [3.8, 4) is 0 Å². The Balaban J connectivity index is 2.04. The highest BCUT2D eigenvalue weighted by atomic mass is 32.1. The van der Waals surface area contributed by atoms with Gasteiger partial charge in [-0.15, -0.1) is 11.3 Å². The van der Waals surface area contributed by atoms with Crippen molar-refractivity contribution >= 4 is 11.3 Å². The molecule has 0 aliphatic carbocycles. The molecule has 12 heavy (non-hydrogen) atoms. The largest absolute Gasteiger partial charge is 0.373 e. The SMILES string of the molecule is NC1CCOC(c2cccs2)C1. The van der Waals surface area contributed by atoms with E-state index in [1.165, 1.54) is 4.88 Å². The molecule has 1 saturated heterocycles. The van der Waals surface area contributed by atoms with Crippen molar-refractivity contribution in [1.29, 1.82) is 0 Å². The van der Waals surface area contributed by atoms with Crippen LogP contribution >= 0.6 is 11.3 Å². The predicted molar refractivity (Wildman–Crippen MR) is 50.2 cm³/mol. The third-order valence-electron chi connectivity index (χ3n) is 2.19. The summed E-state index contributed by atoms with van der Waals surface area (Å²) < 4.78 is 5.62. The fraction of sp³-hybridized carbons (Fsp3) is 0.556. The number of rotatable bonds is 1. The molecule has 0 bridgehead atoms. The van der Waals surface area contributed by atoms with E-state index in [-0.39, 0.29) is 6.10 Å². The number of hydrogen-bond acceptors (Lipinski definition) is 3. The maximum atomic E-state index is 5.86. The normalized spacial score (nSPS) is 30.4. The van der Waals surface area contributed by atoms with E-state index in [0.717, 1.165) is 19.4 Å². The van der Waals surface area contributed by atoms with Gasteiger partial charge in [0.15, 0.2) is 0 Å². The first-order valence-electron chi connectivity index (χ1n) is 4.27. The van der Waals surface area contributed by atoms with Crippen LogP contribution in [0.15, 0.2) is 17.5 Å². The van der Waals surface area contributed by atoms with Gasteiger partial charge < -0.3 is 10.5 Å². The third-order valence-corrected chi connectivity index (χ3v) is 3.15. The molecule has 2 nitrogen and oxygen atoms in total. The summed E-state index contributed by atoms with van der Waals surface area (Å²) in [5, 5.41) is 2.08. The van der Waals surface area contributed by atoms with Crippen molar-refractivity contribution in [1.82, 2.24) is 0 Å². The summed E-state index contributed by atoms with van der Waals surface area (Å²) in [7, 11) is 0. The topological polar surface area (TPSA) is 35.2 Å². The highest BCUT2D eigenvalue weighted by Crippen LogP contribution is 2.29. The molecule has 0 amide bonds. The van der Waals surface area contributed by atoms with E-state index in [1.54, 1.807) is 11.3 Å². The lowest BCUT2D eigenvalue weighted by Crippen LogP contribution is -2.30. The van der Waals surface area contributed by atoms with Crippen LogP contribution in [0.5, 0.6) is 0 Å². The van der Waals surface area contributed by atoms with E-state index in [4.69, 9.17) is 10.5 Å². The second-order valence-electron chi connectivity index (χ2n) is 3.16. The van der Waals surface area contributed by atoms with Crippen molar-refractivity contribution in [2.75, 3.05) is 6.61 Å². The molecule has 1 aromatic rings. The van der Waals surface area contributed by atoms with Gasteiger partial charge in [-0.05, 0) is 24.3 Å². The average molecular weight is 183 g/mol. The van der Waals surface area contributed by atoms with Gasteiger partial charge in [0.05, 0.1) is 6.10 Å². The summed E-state index contributed by atoms with van der Waals surface area (Å²) in [6.07, 6.45) is 2.23. The van der Waals surface area contributed by atoms with Crippen molar-refractivity contribution in [2.24, 2.45) is 5.73 Å². The van der Waals surface area contributed by atoms with E-state index in [9.17, 15) is 0 Å². The summed E-state index contributed by atoms with van der Waals surface area (Å²) in [5.74, 6) is 0. The molecule has 0 spiro atoms. The maximum absolute atomic E-state index is 5.86. The van der Waals surface area contributed by atoms with Crippen LogP contribution in [0.4, 0.5) is 0 Å². The molecule has 1 fully saturated rings. The zero-order chi connectivity index (χ0) is 8.39. The molecule has 2 heterocycles. The van der Waals surface area contributed by atoms with Crippen molar-refractivity contribution in [2.45, 2.75) is 25.0 Å². The van der Waals surface area contributed by atoms with Gasteiger partial charge >= 0.3 is 0 Å². The lowest BCUT2D eigenvalue weighted by Gasteiger charge is -2.26. The van der Waals surface area contributed by atoms with E-state index in [0.29, 0.717) is 6.04 Å². The van der Waals surface area contributed by atoms with Crippen LogP contribution in [-0.2, 0) is 4.74 Å². The monoisotopic (exact) mass is 183 g/mol. The number of nitrogens with two attached hydrogens (primary N) is 1. The molecule has 2 N–H and O–H groups in total. The molecule has 0 saturated carbocycles. The number of thiophene rings is 1. The van der Waals surface area contributed by atoms with Gasteiger partial charge in [0.25, 0.3) is 0 Å². The quantitative estimate of drug-likeness (QED) is 0.722. The second kappa shape index (κ2) is 3.56. The zero-order valence-corrected chi connectivity index (χ0v) is 7.72. The van der Waals surface area contributed by atoms with Gasteiger partial charge in [-0.1, -0.05) is 6.07 Å². The first kappa shape index (κ1) is 8.23. The average Bonchev–Trinajstić information content (AvgIpc) is 2.56. The van der Waals surface area contributed by atoms with Crippen LogP contribution in [-0.4, -0.2) is 12.6 Å². The molecule has 2 rings (SSSR count). The van der Waals surface area contributed by atoms with Crippen LogP contribution in [0.2, 0.25) is 0 Å². The first-order valence-corrected chi connectivity index (χ1v) is 5.15. The number of hydrogen-bond donors (Lipinski definition) is 1. The predicted octanol–water partition coefficient (Wildman–Crippen LogP) is 1.93. The second-order valence-corrected chi connectivity index (χ2v) is 4.14. The highest BCUT2D eigenvalue weighted by Gasteiger charge is 2.21. The van der Waals surface area contributed by atoms with Crippen LogP contribution < -0.4 is 5.73 Å². The minimum absolute atomic E-state index is 0.258. The first-order chi connectivity index (χ1) is 5.86. The molecule has 66 valence electrons. The molecular formula is C9H13NOS. The fourth-order valence-corrected chi connectivity index (χ4v) is 2.28. The van der Waals surface area contributed by atoms with Crippen LogP contribution in [0, 0.1) is 0 Å². The minimum atomic E-state index is 0.258. The molecule has 3 heteroatoms. The molecule has 1 aromatic heterocycles. The fourth-order valence-electron chi connectivity index (χ4n) is 1.50. The highest BCUT2D eigenvalue weighted by molar-refractivity contribution is 7.10. The van der Waals surface area contributed by atoms with Gasteiger partial charge in [-0.3, -0.25) is 0 Å². The lowest BCUT2D eigenvalue weighted by atomic mass is 10.0. The Bertz CT molecular complexity index is 235. The Morgan fingerprint density at radius 1 is 1.58 bits per heavy atom. The molecule has 2 unspecified atom stereocenters. The summed E-state index contributed by atoms with van der Waals surface area (Å²) in [5.41, 5.74) is 5.86. The molecule has 1 aliphatic heterocycles. The Hall–Kier alpha value is -0.380. The van der Waals surface area contributed by atoms with Crippen molar-refractivity contribution in [3.63, 3.8) is 0 Å². The summed E-state index contributed by atoms with van der Waals surface area (Å²) in [6, 6.07) is 4.50. The molecular weight excluding hydrogens is 170 g/mol. The Kier molecular flexibility index (Phi) is 2.44. The molecule has 1 aliphatic rings. The van der Waals surface area contributed by atoms with E-state index < -0.39 is 0 Å². The Morgan fingerprint density at radius 2 is 2.50 bits per heavy atom. The van der Waals surface area contributed by atoms with Gasteiger partial charge in [0.1, 0.15) is 0 Å².